The first kappa shape index (κ1) is 19.4. The Morgan fingerprint density at radius 1 is 1.04 bits per heavy atom. The lowest BCUT2D eigenvalue weighted by atomic mass is 10.1. The third kappa shape index (κ3) is 6.12. The molecule has 1 atom stereocenters. The Labute approximate surface area is 153 Å². The second kappa shape index (κ2) is 10.1. The van der Waals surface area contributed by atoms with E-state index in [1.165, 1.54) is 0 Å². The summed E-state index contributed by atoms with van der Waals surface area (Å²) < 4.78 is 16.0. The Balaban J connectivity index is 1.69. The number of rotatable bonds is 10. The molecule has 0 aliphatic rings. The van der Waals surface area contributed by atoms with Crippen LogP contribution in [0.15, 0.2) is 42.5 Å². The summed E-state index contributed by atoms with van der Waals surface area (Å²) in [7, 11) is 3.24. The van der Waals surface area contributed by atoms with Crippen molar-refractivity contribution in [1.82, 2.24) is 5.32 Å². The molecule has 0 heterocycles. The van der Waals surface area contributed by atoms with Gasteiger partial charge in [0.05, 0.1) is 19.2 Å². The molecule has 0 radical (unpaired) electrons. The van der Waals surface area contributed by atoms with E-state index in [0.717, 1.165) is 18.5 Å². The molecule has 2 aromatic rings. The number of benzene rings is 2. The third-order valence-electron chi connectivity index (χ3n) is 3.69. The van der Waals surface area contributed by atoms with Crippen molar-refractivity contribution in [2.45, 2.75) is 12.5 Å². The molecule has 2 aromatic carbocycles. The summed E-state index contributed by atoms with van der Waals surface area (Å²) in [5, 5.41) is 13.7. The first-order valence-corrected chi connectivity index (χ1v) is 8.49. The van der Waals surface area contributed by atoms with E-state index in [1.807, 2.05) is 30.3 Å². The second-order valence-electron chi connectivity index (χ2n) is 5.54. The smallest absolute Gasteiger partial charge is 0.160 e. The van der Waals surface area contributed by atoms with Crippen molar-refractivity contribution in [2.75, 3.05) is 33.9 Å². The van der Waals surface area contributed by atoms with Gasteiger partial charge in [0, 0.05) is 6.54 Å². The van der Waals surface area contributed by atoms with Crippen LogP contribution in [0.5, 0.6) is 17.2 Å². The Bertz CT molecular complexity index is 666. The molecular weight excluding hydrogens is 342 g/mol. The number of nitrogens with one attached hydrogen (secondary N) is 1. The molecule has 1 unspecified atom stereocenters. The van der Waals surface area contributed by atoms with Gasteiger partial charge in [-0.05, 0) is 42.8 Å². The minimum Gasteiger partial charge on any atom is -0.493 e. The zero-order valence-electron chi connectivity index (χ0n) is 14.5. The van der Waals surface area contributed by atoms with Gasteiger partial charge >= 0.3 is 0 Å². The molecule has 0 aliphatic carbocycles. The summed E-state index contributed by atoms with van der Waals surface area (Å²) in [6.07, 6.45) is 0.208. The van der Waals surface area contributed by atoms with Crippen molar-refractivity contribution in [3.8, 4) is 17.2 Å². The molecule has 2 rings (SSSR count). The number of ether oxygens (including phenoxy) is 3. The lowest BCUT2D eigenvalue weighted by molar-refractivity contribution is 0.107. The summed E-state index contributed by atoms with van der Waals surface area (Å²) in [5.41, 5.74) is 1.13. The maximum Gasteiger partial charge on any atom is 0.160 e. The van der Waals surface area contributed by atoms with Crippen LogP contribution >= 0.6 is 11.6 Å². The molecule has 25 heavy (non-hydrogen) atoms. The number of halogens is 1. The predicted molar refractivity (Wildman–Crippen MR) is 99.1 cm³/mol. The normalized spacial score (nSPS) is 11.8. The Morgan fingerprint density at radius 2 is 1.80 bits per heavy atom. The van der Waals surface area contributed by atoms with Crippen molar-refractivity contribution in [3.63, 3.8) is 0 Å². The fraction of sp³-hybridized carbons (Fsp3) is 0.368. The zero-order valence-corrected chi connectivity index (χ0v) is 15.3. The highest BCUT2D eigenvalue weighted by Crippen LogP contribution is 2.27. The number of aliphatic hydroxyl groups is 1. The van der Waals surface area contributed by atoms with Crippen molar-refractivity contribution in [3.05, 3.63) is 53.1 Å². The van der Waals surface area contributed by atoms with E-state index in [1.54, 1.807) is 26.4 Å². The largest absolute Gasteiger partial charge is 0.493 e. The number of hydrogen-bond acceptors (Lipinski definition) is 5. The molecule has 0 aromatic heterocycles. The van der Waals surface area contributed by atoms with Crippen LogP contribution in [0.2, 0.25) is 5.02 Å². The molecule has 6 heteroatoms. The van der Waals surface area contributed by atoms with Crippen LogP contribution in [0.4, 0.5) is 0 Å². The van der Waals surface area contributed by atoms with Crippen LogP contribution < -0.4 is 19.5 Å². The van der Waals surface area contributed by atoms with Gasteiger partial charge in [-0.1, -0.05) is 29.8 Å². The van der Waals surface area contributed by atoms with Gasteiger partial charge in [-0.25, -0.2) is 0 Å². The third-order valence-corrected chi connectivity index (χ3v) is 4.00. The van der Waals surface area contributed by atoms with Crippen LogP contribution in [-0.4, -0.2) is 45.1 Å². The molecule has 5 nitrogen and oxygen atoms in total. The quantitative estimate of drug-likeness (QED) is 0.634. The van der Waals surface area contributed by atoms with Gasteiger partial charge in [0.2, 0.25) is 0 Å². The Hall–Kier alpha value is -1.95. The first-order chi connectivity index (χ1) is 12.1. The minimum absolute atomic E-state index is 0.188. The van der Waals surface area contributed by atoms with Crippen LogP contribution in [0.1, 0.15) is 5.56 Å². The highest BCUT2D eigenvalue weighted by atomic mass is 35.5. The highest BCUT2D eigenvalue weighted by Gasteiger charge is 2.08. The number of aliphatic hydroxyl groups excluding tert-OH is 1. The second-order valence-corrected chi connectivity index (χ2v) is 5.95. The monoisotopic (exact) mass is 365 g/mol. The van der Waals surface area contributed by atoms with E-state index in [0.29, 0.717) is 28.8 Å². The van der Waals surface area contributed by atoms with Crippen molar-refractivity contribution in [1.29, 1.82) is 0 Å². The van der Waals surface area contributed by atoms with E-state index < -0.39 is 6.10 Å². The fourth-order valence-corrected chi connectivity index (χ4v) is 2.53. The van der Waals surface area contributed by atoms with Crippen LogP contribution in [0.3, 0.4) is 0 Å². The molecule has 0 saturated carbocycles. The maximum atomic E-state index is 9.98. The van der Waals surface area contributed by atoms with E-state index in [4.69, 9.17) is 25.8 Å². The highest BCUT2D eigenvalue weighted by molar-refractivity contribution is 6.32. The van der Waals surface area contributed by atoms with Crippen LogP contribution in [0.25, 0.3) is 0 Å². The number of hydrogen-bond donors (Lipinski definition) is 2. The van der Waals surface area contributed by atoms with Gasteiger partial charge < -0.3 is 24.6 Å². The van der Waals surface area contributed by atoms with Gasteiger partial charge in [-0.2, -0.15) is 0 Å². The molecular formula is C19H24ClNO4. The maximum absolute atomic E-state index is 9.98. The minimum atomic E-state index is -0.610. The molecule has 0 saturated heterocycles. The first-order valence-electron chi connectivity index (χ1n) is 8.11. The summed E-state index contributed by atoms with van der Waals surface area (Å²) in [6, 6.07) is 13.1. The summed E-state index contributed by atoms with van der Waals surface area (Å²) in [4.78, 5) is 0. The lowest BCUT2D eigenvalue weighted by Crippen LogP contribution is -2.32. The topological polar surface area (TPSA) is 60.0 Å². The predicted octanol–water partition coefficient (Wildman–Crippen LogP) is 2.93. The molecule has 0 bridgehead atoms. The van der Waals surface area contributed by atoms with Gasteiger partial charge in [0.15, 0.2) is 11.5 Å². The van der Waals surface area contributed by atoms with Crippen LogP contribution in [0, 0.1) is 0 Å². The van der Waals surface area contributed by atoms with Crippen molar-refractivity contribution < 1.29 is 19.3 Å². The van der Waals surface area contributed by atoms with Gasteiger partial charge in [0.1, 0.15) is 18.5 Å². The molecule has 2 N–H and O–H groups in total. The Morgan fingerprint density at radius 3 is 2.52 bits per heavy atom. The Kier molecular flexibility index (Phi) is 7.85. The summed E-state index contributed by atoms with van der Waals surface area (Å²) in [5.74, 6) is 2.01. The van der Waals surface area contributed by atoms with Gasteiger partial charge in [-0.15, -0.1) is 0 Å². The average molecular weight is 366 g/mol. The van der Waals surface area contributed by atoms with E-state index >= 15 is 0 Å². The number of methoxy groups -OCH3 is 2. The average Bonchev–Trinajstić information content (AvgIpc) is 2.64. The van der Waals surface area contributed by atoms with E-state index in [2.05, 4.69) is 5.32 Å². The summed E-state index contributed by atoms with van der Waals surface area (Å²) in [6.45, 7) is 1.36. The van der Waals surface area contributed by atoms with Crippen molar-refractivity contribution in [2.24, 2.45) is 0 Å². The molecule has 136 valence electrons. The molecule has 0 fully saturated rings. The van der Waals surface area contributed by atoms with Crippen molar-refractivity contribution >= 4 is 11.6 Å². The fourth-order valence-electron chi connectivity index (χ4n) is 2.34. The standard InChI is InChI=1S/C19H24ClNO4/c1-23-18-8-7-14(11-19(18)24-2)9-10-21-12-15(22)13-25-17-6-4-3-5-16(17)20/h3-8,11,15,21-22H,9-10,12-13H2,1-2H3. The molecule has 0 spiro atoms. The van der Waals surface area contributed by atoms with Crippen LogP contribution in [-0.2, 0) is 6.42 Å². The molecule has 0 amide bonds. The lowest BCUT2D eigenvalue weighted by Gasteiger charge is -2.14. The SMILES string of the molecule is COc1ccc(CCNCC(O)COc2ccccc2Cl)cc1OC. The van der Waals surface area contributed by atoms with Gasteiger partial charge in [-0.3, -0.25) is 0 Å². The van der Waals surface area contributed by atoms with E-state index in [-0.39, 0.29) is 6.61 Å². The number of para-hydroxylation sites is 1. The molecule has 0 aliphatic heterocycles. The summed E-state index contributed by atoms with van der Waals surface area (Å²) >= 11 is 6.01. The van der Waals surface area contributed by atoms with Gasteiger partial charge in [0.25, 0.3) is 0 Å². The van der Waals surface area contributed by atoms with E-state index in [9.17, 15) is 5.11 Å². The zero-order chi connectivity index (χ0) is 18.1.